The van der Waals surface area contributed by atoms with E-state index in [2.05, 4.69) is 0 Å². The molecule has 0 aliphatic carbocycles. The van der Waals surface area contributed by atoms with Crippen molar-refractivity contribution in [3.05, 3.63) is 0 Å². The molecule has 0 saturated heterocycles. The summed E-state index contributed by atoms with van der Waals surface area (Å²) in [6.07, 6.45) is -0.492. The van der Waals surface area contributed by atoms with Crippen molar-refractivity contribution in [2.75, 3.05) is 11.8 Å². The summed E-state index contributed by atoms with van der Waals surface area (Å²) in [6.45, 7) is 1.30. The van der Waals surface area contributed by atoms with Gasteiger partial charge in [-0.1, -0.05) is 0 Å². The number of halogens is 3. The van der Waals surface area contributed by atoms with E-state index in [-0.39, 0.29) is 11.8 Å². The maximum absolute atomic E-state index is 10.5. The van der Waals surface area contributed by atoms with Gasteiger partial charge >= 0.3 is 5.97 Å². The Kier molecular flexibility index (Phi) is 6.11. The van der Waals surface area contributed by atoms with Gasteiger partial charge in [0.15, 0.2) is 0 Å². The Hall–Kier alpha value is 0.340. The van der Waals surface area contributed by atoms with Gasteiger partial charge in [0.25, 0.3) is 0 Å². The summed E-state index contributed by atoms with van der Waals surface area (Å²) in [7, 11) is 0. The molecule has 0 spiro atoms. The van der Waals surface area contributed by atoms with Crippen LogP contribution in [-0.2, 0) is 9.53 Å². The van der Waals surface area contributed by atoms with Crippen LogP contribution in [0.3, 0.4) is 0 Å². The Labute approximate surface area is 80.7 Å². The van der Waals surface area contributed by atoms with Crippen molar-refractivity contribution in [1.82, 2.24) is 0 Å². The monoisotopic (exact) mass is 218 g/mol. The lowest BCUT2D eigenvalue weighted by molar-refractivity contribution is -0.145. The number of hydrogen-bond acceptors (Lipinski definition) is 2. The van der Waals surface area contributed by atoms with E-state index in [4.69, 9.17) is 39.5 Å². The van der Waals surface area contributed by atoms with Crippen molar-refractivity contribution in [1.29, 1.82) is 0 Å². The molecule has 0 saturated carbocycles. The molecule has 0 rings (SSSR count). The molecule has 2 nitrogen and oxygen atoms in total. The second-order valence-electron chi connectivity index (χ2n) is 1.97. The van der Waals surface area contributed by atoms with Gasteiger partial charge in [0.1, 0.15) is 6.10 Å². The fourth-order valence-electron chi connectivity index (χ4n) is 0.515. The van der Waals surface area contributed by atoms with Gasteiger partial charge in [0.2, 0.25) is 0 Å². The number of esters is 1. The highest BCUT2D eigenvalue weighted by molar-refractivity contribution is 6.29. The van der Waals surface area contributed by atoms with Crippen molar-refractivity contribution in [3.63, 3.8) is 0 Å². The molecule has 0 bridgehead atoms. The van der Waals surface area contributed by atoms with Gasteiger partial charge < -0.3 is 4.74 Å². The third-order valence-corrected chi connectivity index (χ3v) is 2.25. The second kappa shape index (κ2) is 5.92. The first-order chi connectivity index (χ1) is 5.11. The molecule has 66 valence electrons. The minimum Gasteiger partial charge on any atom is -0.460 e. The van der Waals surface area contributed by atoms with Crippen molar-refractivity contribution < 1.29 is 9.53 Å². The number of hydrogen-bond donors (Lipinski definition) is 0. The Morgan fingerprint density at radius 3 is 2.27 bits per heavy atom. The maximum atomic E-state index is 10.5. The average molecular weight is 219 g/mol. The first-order valence-corrected chi connectivity index (χ1v) is 4.55. The van der Waals surface area contributed by atoms with Crippen LogP contribution in [0, 0.1) is 0 Å². The van der Waals surface area contributed by atoms with Gasteiger partial charge in [-0.05, 0) is 0 Å². The van der Waals surface area contributed by atoms with Crippen molar-refractivity contribution in [3.8, 4) is 0 Å². The zero-order valence-electron chi connectivity index (χ0n) is 6.02. The largest absolute Gasteiger partial charge is 0.460 e. The summed E-state index contributed by atoms with van der Waals surface area (Å²) < 4.78 is 4.76. The number of ether oxygens (including phenoxy) is 1. The smallest absolute Gasteiger partial charge is 0.302 e. The van der Waals surface area contributed by atoms with E-state index in [0.29, 0.717) is 0 Å². The molecule has 0 aromatic heterocycles. The SMILES string of the molecule is CC(=O)O[C@H](CCl)[C@@H](Cl)CCl. The van der Waals surface area contributed by atoms with Crippen LogP contribution >= 0.6 is 34.8 Å². The molecule has 5 heteroatoms. The van der Waals surface area contributed by atoms with E-state index in [1.807, 2.05) is 0 Å². The van der Waals surface area contributed by atoms with Gasteiger partial charge in [-0.3, -0.25) is 4.79 Å². The summed E-state index contributed by atoms with van der Waals surface area (Å²) in [4.78, 5) is 10.5. The van der Waals surface area contributed by atoms with Crippen LogP contribution in [0.1, 0.15) is 6.92 Å². The first-order valence-electron chi connectivity index (χ1n) is 3.05. The molecule has 0 unspecified atom stereocenters. The van der Waals surface area contributed by atoms with Crippen LogP contribution in [0.4, 0.5) is 0 Å². The van der Waals surface area contributed by atoms with Crippen LogP contribution in [0.2, 0.25) is 0 Å². The molecular weight excluding hydrogens is 210 g/mol. The molecule has 0 aromatic rings. The topological polar surface area (TPSA) is 26.3 Å². The quantitative estimate of drug-likeness (QED) is 0.534. The van der Waals surface area contributed by atoms with Crippen molar-refractivity contribution in [2.45, 2.75) is 18.4 Å². The molecule has 0 heterocycles. The third kappa shape index (κ3) is 4.72. The zero-order chi connectivity index (χ0) is 8.85. The molecule has 11 heavy (non-hydrogen) atoms. The lowest BCUT2D eigenvalue weighted by atomic mass is 10.3. The van der Waals surface area contributed by atoms with Crippen LogP contribution < -0.4 is 0 Å². The standard InChI is InChI=1S/C6H9Cl3O2/c1-4(10)11-6(3-8)5(9)2-7/h5-6H,2-3H2,1H3/t5-,6+/m0/s1. The molecule has 0 aliphatic heterocycles. The summed E-state index contributed by atoms with van der Waals surface area (Å²) in [5.74, 6) is -0.0152. The number of rotatable bonds is 4. The lowest BCUT2D eigenvalue weighted by Gasteiger charge is -2.17. The summed E-state index contributed by atoms with van der Waals surface area (Å²) in [5, 5.41) is -0.418. The second-order valence-corrected chi connectivity index (χ2v) is 3.15. The number of carbonyl (C=O) groups excluding carboxylic acids is 1. The van der Waals surface area contributed by atoms with E-state index < -0.39 is 17.5 Å². The maximum Gasteiger partial charge on any atom is 0.302 e. The Balaban J connectivity index is 3.84. The summed E-state index contributed by atoms with van der Waals surface area (Å²) in [6, 6.07) is 0. The summed E-state index contributed by atoms with van der Waals surface area (Å²) in [5.41, 5.74) is 0. The first kappa shape index (κ1) is 11.3. The zero-order valence-corrected chi connectivity index (χ0v) is 8.29. The molecule has 0 radical (unpaired) electrons. The van der Waals surface area contributed by atoms with Gasteiger partial charge in [-0.15, -0.1) is 34.8 Å². The van der Waals surface area contributed by atoms with Crippen molar-refractivity contribution >= 4 is 40.8 Å². The summed E-state index contributed by atoms with van der Waals surface area (Å²) >= 11 is 16.6. The Morgan fingerprint density at radius 2 is 2.00 bits per heavy atom. The van der Waals surface area contributed by atoms with Crippen LogP contribution in [-0.4, -0.2) is 29.2 Å². The molecule has 0 N–H and O–H groups in total. The normalized spacial score (nSPS) is 15.6. The molecular formula is C6H9Cl3O2. The Morgan fingerprint density at radius 1 is 1.45 bits per heavy atom. The van der Waals surface area contributed by atoms with Crippen LogP contribution in [0.15, 0.2) is 0 Å². The van der Waals surface area contributed by atoms with E-state index in [1.165, 1.54) is 6.92 Å². The lowest BCUT2D eigenvalue weighted by Crippen LogP contribution is -2.29. The molecule has 0 amide bonds. The average Bonchev–Trinajstić information content (AvgIpc) is 1.98. The molecule has 0 aliphatic rings. The van der Waals surface area contributed by atoms with Crippen molar-refractivity contribution in [2.24, 2.45) is 0 Å². The van der Waals surface area contributed by atoms with E-state index in [9.17, 15) is 4.79 Å². The van der Waals surface area contributed by atoms with Crippen LogP contribution in [0.25, 0.3) is 0 Å². The van der Waals surface area contributed by atoms with E-state index in [1.54, 1.807) is 0 Å². The van der Waals surface area contributed by atoms with E-state index in [0.717, 1.165) is 0 Å². The minimum absolute atomic E-state index is 0.167. The third-order valence-electron chi connectivity index (χ3n) is 1.02. The van der Waals surface area contributed by atoms with Gasteiger partial charge in [0.05, 0.1) is 11.3 Å². The predicted octanol–water partition coefficient (Wildman–Crippen LogP) is 2.00. The van der Waals surface area contributed by atoms with Gasteiger partial charge in [-0.2, -0.15) is 0 Å². The predicted molar refractivity (Wildman–Crippen MR) is 46.6 cm³/mol. The van der Waals surface area contributed by atoms with Gasteiger partial charge in [-0.25, -0.2) is 0 Å². The van der Waals surface area contributed by atoms with Gasteiger partial charge in [0, 0.05) is 12.8 Å². The van der Waals surface area contributed by atoms with E-state index >= 15 is 0 Å². The number of carbonyl (C=O) groups is 1. The highest BCUT2D eigenvalue weighted by Crippen LogP contribution is 2.10. The highest BCUT2D eigenvalue weighted by atomic mass is 35.5. The van der Waals surface area contributed by atoms with Crippen LogP contribution in [0.5, 0.6) is 0 Å². The molecule has 0 aromatic carbocycles. The Bertz CT molecular complexity index is 129. The molecule has 0 fully saturated rings. The fourth-order valence-corrected chi connectivity index (χ4v) is 1.22. The fraction of sp³-hybridized carbons (Fsp3) is 0.833. The molecule has 2 atom stereocenters. The number of alkyl halides is 3. The highest BCUT2D eigenvalue weighted by Gasteiger charge is 2.19. The minimum atomic E-state index is -0.492.